The Kier molecular flexibility index (Phi) is 7.79. The molecular formula is C25H31N3O5. The number of hydrogen-bond donors (Lipinski definition) is 2. The fourth-order valence-corrected chi connectivity index (χ4v) is 3.39. The summed E-state index contributed by atoms with van der Waals surface area (Å²) in [5.41, 5.74) is 1.35. The standard InChI is InChI=1S/C25H31N3O5/c1-17(2)28(25(31)21-15-20(26-27-21)23-12-8-14-32-23)16-19-10-5-6-11-22(19)33-18(3)9-4-7-13-24(29)30/h5-6,8,10-12,14-15,17-18H,4,7,9,13,16H2,1-3H3,(H,26,27)(H,29,30)/i16D. The number of amides is 1. The van der Waals surface area contributed by atoms with Crippen LogP contribution in [0, 0.1) is 0 Å². The number of furan rings is 1. The van der Waals surface area contributed by atoms with Crippen LogP contribution in [-0.2, 0) is 11.3 Å². The van der Waals surface area contributed by atoms with Crippen molar-refractivity contribution in [3.63, 3.8) is 0 Å². The van der Waals surface area contributed by atoms with Crippen molar-refractivity contribution in [2.24, 2.45) is 0 Å². The maximum atomic E-state index is 13.4. The van der Waals surface area contributed by atoms with Gasteiger partial charge in [-0.1, -0.05) is 18.2 Å². The molecule has 2 aromatic heterocycles. The van der Waals surface area contributed by atoms with Gasteiger partial charge in [0.15, 0.2) is 11.5 Å². The van der Waals surface area contributed by atoms with Gasteiger partial charge in [0.2, 0.25) is 0 Å². The first kappa shape index (κ1) is 22.6. The molecule has 1 amide bonds. The molecule has 0 radical (unpaired) electrons. The van der Waals surface area contributed by atoms with E-state index in [9.17, 15) is 9.59 Å². The van der Waals surface area contributed by atoms with Crippen LogP contribution in [0.15, 0.2) is 53.1 Å². The highest BCUT2D eigenvalue weighted by molar-refractivity contribution is 5.93. The van der Waals surface area contributed by atoms with Gasteiger partial charge in [0.25, 0.3) is 5.91 Å². The van der Waals surface area contributed by atoms with E-state index in [-0.39, 0.29) is 30.2 Å². The number of hydrogen-bond acceptors (Lipinski definition) is 5. The van der Waals surface area contributed by atoms with Gasteiger partial charge in [0.05, 0.1) is 13.7 Å². The molecule has 8 heteroatoms. The third-order valence-corrected chi connectivity index (χ3v) is 5.15. The Balaban J connectivity index is 1.75. The first-order valence-electron chi connectivity index (χ1n) is 11.7. The normalized spacial score (nSPS) is 13.4. The van der Waals surface area contributed by atoms with Gasteiger partial charge in [-0.25, -0.2) is 0 Å². The maximum absolute atomic E-state index is 13.4. The fourth-order valence-electron chi connectivity index (χ4n) is 3.39. The van der Waals surface area contributed by atoms with E-state index in [1.165, 1.54) is 4.90 Å². The van der Waals surface area contributed by atoms with Gasteiger partial charge in [-0.05, 0) is 58.2 Å². The SMILES string of the molecule is [2H]C(c1ccccc1OC(C)CCCCC(=O)O)N(C(=O)c1cc(-c2ccco2)[nH]n1)C(C)C. The second-order valence-electron chi connectivity index (χ2n) is 8.19. The highest BCUT2D eigenvalue weighted by atomic mass is 16.5. The minimum absolute atomic E-state index is 0.137. The molecule has 0 aliphatic carbocycles. The molecule has 2 unspecified atom stereocenters. The van der Waals surface area contributed by atoms with E-state index in [0.29, 0.717) is 35.6 Å². The molecule has 2 atom stereocenters. The van der Waals surface area contributed by atoms with Crippen molar-refractivity contribution in [3.05, 3.63) is 60.0 Å². The van der Waals surface area contributed by atoms with Crippen molar-refractivity contribution in [2.45, 2.75) is 65.1 Å². The highest BCUT2D eigenvalue weighted by Crippen LogP contribution is 2.25. The van der Waals surface area contributed by atoms with E-state index in [4.69, 9.17) is 15.6 Å². The van der Waals surface area contributed by atoms with Crippen LogP contribution in [0.1, 0.15) is 63.9 Å². The summed E-state index contributed by atoms with van der Waals surface area (Å²) in [4.78, 5) is 25.5. The number of aromatic nitrogens is 2. The van der Waals surface area contributed by atoms with Crippen molar-refractivity contribution in [3.8, 4) is 17.2 Å². The summed E-state index contributed by atoms with van der Waals surface area (Å²) in [6, 6.07) is 12.1. The number of aliphatic carboxylic acids is 1. The molecule has 0 bridgehead atoms. The Bertz CT molecular complexity index is 1080. The van der Waals surface area contributed by atoms with Crippen molar-refractivity contribution < 1.29 is 25.2 Å². The molecule has 1 aromatic carbocycles. The van der Waals surface area contributed by atoms with E-state index in [0.717, 1.165) is 6.42 Å². The lowest BCUT2D eigenvalue weighted by molar-refractivity contribution is -0.137. The van der Waals surface area contributed by atoms with E-state index in [1.54, 1.807) is 36.6 Å². The molecular weight excluding hydrogens is 422 g/mol. The number of nitrogens with one attached hydrogen (secondary N) is 1. The summed E-state index contributed by atoms with van der Waals surface area (Å²) in [5, 5.41) is 15.7. The average molecular weight is 455 g/mol. The molecule has 0 spiro atoms. The van der Waals surface area contributed by atoms with Crippen LogP contribution >= 0.6 is 0 Å². The molecule has 0 saturated heterocycles. The third kappa shape index (κ3) is 6.71. The van der Waals surface area contributed by atoms with Gasteiger partial charge < -0.3 is 19.2 Å². The molecule has 3 aromatic rings. The molecule has 8 nitrogen and oxygen atoms in total. The van der Waals surface area contributed by atoms with Crippen LogP contribution < -0.4 is 4.74 Å². The van der Waals surface area contributed by atoms with Gasteiger partial charge in [-0.2, -0.15) is 5.10 Å². The van der Waals surface area contributed by atoms with Crippen molar-refractivity contribution in [1.82, 2.24) is 15.1 Å². The number of benzene rings is 1. The summed E-state index contributed by atoms with van der Waals surface area (Å²) in [6.07, 6.45) is 3.53. The van der Waals surface area contributed by atoms with Crippen LogP contribution in [0.2, 0.25) is 0 Å². The Hall–Kier alpha value is -3.55. The zero-order valence-corrected chi connectivity index (χ0v) is 19.2. The number of para-hydroxylation sites is 1. The van der Waals surface area contributed by atoms with Gasteiger partial charge in [-0.15, -0.1) is 0 Å². The number of carbonyl (C=O) groups excluding carboxylic acids is 1. The number of carboxylic acid groups (broad SMARTS) is 1. The summed E-state index contributed by atoms with van der Waals surface area (Å²) < 4.78 is 20.4. The smallest absolute Gasteiger partial charge is 0.303 e. The number of ether oxygens (including phenoxy) is 1. The Labute approximate surface area is 195 Å². The lowest BCUT2D eigenvalue weighted by atomic mass is 10.1. The highest BCUT2D eigenvalue weighted by Gasteiger charge is 2.23. The predicted octanol–water partition coefficient (Wildman–Crippen LogP) is 5.13. The molecule has 0 saturated carbocycles. The lowest BCUT2D eigenvalue weighted by Gasteiger charge is -2.27. The van der Waals surface area contributed by atoms with E-state index < -0.39 is 12.5 Å². The zero-order valence-electron chi connectivity index (χ0n) is 20.2. The van der Waals surface area contributed by atoms with Gasteiger partial charge >= 0.3 is 5.97 Å². The van der Waals surface area contributed by atoms with Crippen molar-refractivity contribution in [2.75, 3.05) is 0 Å². The van der Waals surface area contributed by atoms with Crippen molar-refractivity contribution >= 4 is 11.9 Å². The molecule has 0 fully saturated rings. The Morgan fingerprint density at radius 3 is 2.70 bits per heavy atom. The molecule has 33 heavy (non-hydrogen) atoms. The second-order valence-corrected chi connectivity index (χ2v) is 8.19. The van der Waals surface area contributed by atoms with Crippen LogP contribution in [0.5, 0.6) is 5.75 Å². The quantitative estimate of drug-likeness (QED) is 0.367. The largest absolute Gasteiger partial charge is 0.490 e. The number of aromatic amines is 1. The zero-order chi connectivity index (χ0) is 24.7. The molecule has 2 heterocycles. The molecule has 3 rings (SSSR count). The van der Waals surface area contributed by atoms with Crippen LogP contribution in [0.4, 0.5) is 0 Å². The van der Waals surface area contributed by atoms with Gasteiger partial charge in [-0.3, -0.25) is 14.7 Å². The minimum Gasteiger partial charge on any atom is -0.490 e. The summed E-state index contributed by atoms with van der Waals surface area (Å²) >= 11 is 0. The minimum atomic E-state index is -1.01. The molecule has 0 aliphatic rings. The fraction of sp³-hybridized carbons (Fsp3) is 0.400. The Morgan fingerprint density at radius 1 is 1.21 bits per heavy atom. The summed E-state index contributed by atoms with van der Waals surface area (Å²) in [7, 11) is 0. The van der Waals surface area contributed by atoms with Crippen LogP contribution in [0.3, 0.4) is 0 Å². The maximum Gasteiger partial charge on any atom is 0.303 e. The number of unbranched alkanes of at least 4 members (excludes halogenated alkanes) is 1. The first-order valence-corrected chi connectivity index (χ1v) is 11.1. The van der Waals surface area contributed by atoms with E-state index >= 15 is 0 Å². The van der Waals surface area contributed by atoms with Gasteiger partial charge in [0, 0.05) is 30.6 Å². The van der Waals surface area contributed by atoms with Crippen LogP contribution in [0.25, 0.3) is 11.5 Å². The molecule has 2 N–H and O–H groups in total. The molecule has 176 valence electrons. The number of rotatable bonds is 12. The van der Waals surface area contributed by atoms with Crippen molar-refractivity contribution in [1.29, 1.82) is 0 Å². The van der Waals surface area contributed by atoms with Gasteiger partial charge in [0.1, 0.15) is 11.4 Å². The number of H-pyrrole nitrogens is 1. The predicted molar refractivity (Wildman–Crippen MR) is 124 cm³/mol. The lowest BCUT2D eigenvalue weighted by Crippen LogP contribution is -2.36. The summed E-state index contributed by atoms with van der Waals surface area (Å²) in [5.74, 6) is -0.0747. The number of carboxylic acids is 1. The topological polar surface area (TPSA) is 109 Å². The monoisotopic (exact) mass is 454 g/mol. The third-order valence-electron chi connectivity index (χ3n) is 5.15. The Morgan fingerprint density at radius 2 is 2.00 bits per heavy atom. The first-order chi connectivity index (χ1) is 16.3. The average Bonchev–Trinajstić information content (AvgIpc) is 3.48. The second kappa shape index (κ2) is 11.4. The number of nitrogens with zero attached hydrogens (tertiary/aromatic N) is 2. The number of carbonyl (C=O) groups is 2. The summed E-state index contributed by atoms with van der Waals surface area (Å²) in [6.45, 7) is 4.62. The van der Waals surface area contributed by atoms with Crippen LogP contribution in [-0.4, -0.2) is 44.2 Å². The van der Waals surface area contributed by atoms with E-state index in [1.807, 2.05) is 32.9 Å². The molecule has 0 aliphatic heterocycles. The van der Waals surface area contributed by atoms with E-state index in [2.05, 4.69) is 10.2 Å².